The summed E-state index contributed by atoms with van der Waals surface area (Å²) in [6.45, 7) is 5.16. The molecule has 1 amide bonds. The van der Waals surface area contributed by atoms with E-state index in [2.05, 4.69) is 10.4 Å². The summed E-state index contributed by atoms with van der Waals surface area (Å²) in [6.07, 6.45) is 1.68. The predicted molar refractivity (Wildman–Crippen MR) is 101 cm³/mol. The van der Waals surface area contributed by atoms with Gasteiger partial charge in [0.2, 0.25) is 5.91 Å². The van der Waals surface area contributed by atoms with Crippen LogP contribution in [0.2, 0.25) is 0 Å². The van der Waals surface area contributed by atoms with Crippen molar-refractivity contribution < 1.29 is 13.6 Å². The van der Waals surface area contributed by atoms with E-state index in [1.807, 2.05) is 13.1 Å². The molecule has 0 fully saturated rings. The first-order valence-electron chi connectivity index (χ1n) is 8.55. The summed E-state index contributed by atoms with van der Waals surface area (Å²) in [4.78, 5) is 12.5. The van der Waals surface area contributed by atoms with Gasteiger partial charge in [0.25, 0.3) is 0 Å². The van der Waals surface area contributed by atoms with Crippen LogP contribution in [0, 0.1) is 11.6 Å². The Labute approximate surface area is 156 Å². The molecule has 1 heterocycles. The molecule has 3 aromatic rings. The van der Waals surface area contributed by atoms with E-state index >= 15 is 0 Å². The first-order valence-corrected chi connectivity index (χ1v) is 8.55. The van der Waals surface area contributed by atoms with Crippen molar-refractivity contribution in [2.75, 3.05) is 5.32 Å². The highest BCUT2D eigenvalue weighted by Gasteiger charge is 2.25. The Morgan fingerprint density at radius 2 is 1.81 bits per heavy atom. The van der Waals surface area contributed by atoms with Gasteiger partial charge < -0.3 is 11.1 Å². The second kappa shape index (κ2) is 6.74. The summed E-state index contributed by atoms with van der Waals surface area (Å²) in [7, 11) is 1.82. The van der Waals surface area contributed by atoms with Crippen LogP contribution in [0.5, 0.6) is 0 Å². The zero-order valence-corrected chi connectivity index (χ0v) is 15.7. The molecule has 0 unspecified atom stereocenters. The molecule has 0 spiro atoms. The lowest BCUT2D eigenvalue weighted by molar-refractivity contribution is -0.117. The summed E-state index contributed by atoms with van der Waals surface area (Å²) >= 11 is 0. The minimum Gasteiger partial charge on any atom is -0.324 e. The van der Waals surface area contributed by atoms with Gasteiger partial charge in [0.1, 0.15) is 17.7 Å². The van der Waals surface area contributed by atoms with E-state index in [0.717, 1.165) is 23.0 Å². The van der Waals surface area contributed by atoms with E-state index in [4.69, 9.17) is 5.73 Å². The first kappa shape index (κ1) is 19.0. The fourth-order valence-electron chi connectivity index (χ4n) is 3.11. The van der Waals surface area contributed by atoms with Crippen molar-refractivity contribution in [3.63, 3.8) is 0 Å². The number of rotatable bonds is 3. The van der Waals surface area contributed by atoms with Gasteiger partial charge in [-0.3, -0.25) is 9.48 Å². The van der Waals surface area contributed by atoms with Crippen LogP contribution in [-0.2, 0) is 17.3 Å². The van der Waals surface area contributed by atoms with Crippen molar-refractivity contribution in [1.29, 1.82) is 0 Å². The van der Waals surface area contributed by atoms with Crippen LogP contribution >= 0.6 is 0 Å². The molecule has 0 aliphatic carbocycles. The number of hydrogen-bond acceptors (Lipinski definition) is 3. The number of hydrogen-bond donors (Lipinski definition) is 2. The molecule has 0 radical (unpaired) electrons. The molecule has 3 rings (SSSR count). The molecule has 0 aliphatic rings. The highest BCUT2D eigenvalue weighted by Crippen LogP contribution is 2.30. The van der Waals surface area contributed by atoms with Crippen LogP contribution in [-0.4, -0.2) is 15.7 Å². The van der Waals surface area contributed by atoms with Crippen molar-refractivity contribution in [3.05, 3.63) is 59.3 Å². The summed E-state index contributed by atoms with van der Waals surface area (Å²) in [6, 6.07) is 6.57. The molecular weight excluding hydrogens is 350 g/mol. The maximum atomic E-state index is 14.3. The van der Waals surface area contributed by atoms with Crippen LogP contribution in [0.15, 0.2) is 36.5 Å². The highest BCUT2D eigenvalue weighted by molar-refractivity contribution is 5.96. The zero-order valence-electron chi connectivity index (χ0n) is 15.7. The lowest BCUT2D eigenvalue weighted by Gasteiger charge is -2.21. The molecule has 27 heavy (non-hydrogen) atoms. The Kier molecular flexibility index (Phi) is 4.73. The van der Waals surface area contributed by atoms with Gasteiger partial charge in [-0.15, -0.1) is 0 Å². The van der Waals surface area contributed by atoms with Crippen LogP contribution in [0.3, 0.4) is 0 Å². The van der Waals surface area contributed by atoms with E-state index in [1.54, 1.807) is 43.8 Å². The smallest absolute Gasteiger partial charge is 0.245 e. The average molecular weight is 372 g/mol. The van der Waals surface area contributed by atoms with Gasteiger partial charge in [-0.1, -0.05) is 26.8 Å². The van der Waals surface area contributed by atoms with E-state index in [-0.39, 0.29) is 11.3 Å². The van der Waals surface area contributed by atoms with Crippen LogP contribution < -0.4 is 11.1 Å². The predicted octanol–water partition coefficient (Wildman–Crippen LogP) is 3.79. The lowest BCUT2D eigenvalue weighted by atomic mass is 9.86. The first-order chi connectivity index (χ1) is 12.6. The van der Waals surface area contributed by atoms with Crippen molar-refractivity contribution in [2.24, 2.45) is 12.8 Å². The Morgan fingerprint density at radius 3 is 2.41 bits per heavy atom. The number of nitrogens with one attached hydrogen (secondary N) is 1. The molecule has 0 saturated carbocycles. The third kappa shape index (κ3) is 3.68. The molecule has 1 atom stereocenters. The summed E-state index contributed by atoms with van der Waals surface area (Å²) in [5, 5.41) is 7.49. The standard InChI is InChI=1S/C20H22F2N4O/c1-20(2,3)17-14(21)8-13(9-15(17)22)25-19(27)18(23)11-5-6-16-12(7-11)10-24-26(16)4/h5-10,18H,23H2,1-4H3,(H,25,27)/t18-/m1/s1. The molecule has 3 N–H and O–H groups in total. The summed E-state index contributed by atoms with van der Waals surface area (Å²) < 4.78 is 30.4. The molecule has 0 bridgehead atoms. The van der Waals surface area contributed by atoms with Crippen molar-refractivity contribution in [1.82, 2.24) is 9.78 Å². The van der Waals surface area contributed by atoms with E-state index < -0.39 is 29.0 Å². The molecule has 0 aliphatic heterocycles. The van der Waals surface area contributed by atoms with Gasteiger partial charge in [0.05, 0.1) is 11.7 Å². The second-order valence-corrected chi connectivity index (χ2v) is 7.62. The van der Waals surface area contributed by atoms with Crippen molar-refractivity contribution in [3.8, 4) is 0 Å². The molecular formula is C20H22F2N4O. The van der Waals surface area contributed by atoms with Gasteiger partial charge in [-0.2, -0.15) is 5.10 Å². The molecule has 5 nitrogen and oxygen atoms in total. The maximum Gasteiger partial charge on any atom is 0.245 e. The fraction of sp³-hybridized carbons (Fsp3) is 0.300. The third-order valence-electron chi connectivity index (χ3n) is 4.47. The largest absolute Gasteiger partial charge is 0.324 e. The maximum absolute atomic E-state index is 14.3. The van der Waals surface area contributed by atoms with Crippen molar-refractivity contribution in [2.45, 2.75) is 32.2 Å². The Balaban J connectivity index is 1.83. The number of nitrogens with zero attached hydrogens (tertiary/aromatic N) is 2. The number of benzene rings is 2. The van der Waals surface area contributed by atoms with Gasteiger partial charge in [0, 0.05) is 23.7 Å². The van der Waals surface area contributed by atoms with E-state index in [0.29, 0.717) is 5.56 Å². The summed E-state index contributed by atoms with van der Waals surface area (Å²) in [5.74, 6) is -1.97. The Morgan fingerprint density at radius 1 is 1.19 bits per heavy atom. The number of amides is 1. The number of fused-ring (bicyclic) bond motifs is 1. The Bertz CT molecular complexity index is 997. The molecule has 0 saturated heterocycles. The van der Waals surface area contributed by atoms with Gasteiger partial charge in [-0.05, 0) is 35.2 Å². The highest BCUT2D eigenvalue weighted by atomic mass is 19.1. The monoisotopic (exact) mass is 372 g/mol. The quantitative estimate of drug-likeness (QED) is 0.735. The number of nitrogens with two attached hydrogens (primary N) is 1. The van der Waals surface area contributed by atoms with E-state index in [1.165, 1.54) is 0 Å². The number of aromatic nitrogens is 2. The van der Waals surface area contributed by atoms with Gasteiger partial charge in [0.15, 0.2) is 0 Å². The topological polar surface area (TPSA) is 72.9 Å². The van der Waals surface area contributed by atoms with Gasteiger partial charge >= 0.3 is 0 Å². The third-order valence-corrected chi connectivity index (χ3v) is 4.47. The number of halogens is 2. The fourth-order valence-corrected chi connectivity index (χ4v) is 3.11. The zero-order chi connectivity index (χ0) is 19.9. The summed E-state index contributed by atoms with van der Waals surface area (Å²) in [5.41, 5.74) is 6.85. The average Bonchev–Trinajstić information content (AvgIpc) is 2.92. The van der Waals surface area contributed by atoms with Crippen LogP contribution in [0.1, 0.15) is 37.9 Å². The number of anilines is 1. The van der Waals surface area contributed by atoms with Crippen LogP contribution in [0.4, 0.5) is 14.5 Å². The Hall–Kier alpha value is -2.80. The number of carbonyl (C=O) groups excluding carboxylic acids is 1. The normalized spacial score (nSPS) is 13.0. The number of carbonyl (C=O) groups is 1. The minimum absolute atomic E-state index is 0.0215. The molecule has 1 aromatic heterocycles. The molecule has 142 valence electrons. The minimum atomic E-state index is -0.983. The number of aryl methyl sites for hydroxylation is 1. The van der Waals surface area contributed by atoms with E-state index in [9.17, 15) is 13.6 Å². The van der Waals surface area contributed by atoms with Crippen LogP contribution in [0.25, 0.3) is 10.9 Å². The SMILES string of the molecule is Cn1ncc2cc([C@@H](N)C(=O)Nc3cc(F)c(C(C)(C)C)c(F)c3)ccc21. The van der Waals surface area contributed by atoms with Gasteiger partial charge in [-0.25, -0.2) is 8.78 Å². The second-order valence-electron chi connectivity index (χ2n) is 7.62. The molecule has 7 heteroatoms. The van der Waals surface area contributed by atoms with Crippen molar-refractivity contribution >= 4 is 22.5 Å². The molecule has 2 aromatic carbocycles. The lowest BCUT2D eigenvalue weighted by Crippen LogP contribution is -2.28.